The molecule has 0 heterocycles. The summed E-state index contributed by atoms with van der Waals surface area (Å²) in [5, 5.41) is 34.7. The fraction of sp³-hybridized carbons (Fsp3) is 0.517. The number of nitrogens with one attached hydrogen (secondary N) is 2. The molecule has 0 aliphatic heterocycles. The van der Waals surface area contributed by atoms with Crippen molar-refractivity contribution in [1.82, 2.24) is 20.4 Å². The fourth-order valence-corrected chi connectivity index (χ4v) is 4.16. The molecule has 3 atom stereocenters. The van der Waals surface area contributed by atoms with Crippen LogP contribution in [-0.4, -0.2) is 101 Å². The van der Waals surface area contributed by atoms with Crippen molar-refractivity contribution in [1.29, 1.82) is 0 Å². The Morgan fingerprint density at radius 2 is 1.53 bits per heavy atom. The third-order valence-electron chi connectivity index (χ3n) is 6.26. The highest BCUT2D eigenvalue weighted by molar-refractivity contribution is 5.96. The number of aliphatic hydroxyl groups excluding tert-OH is 2. The molecule has 0 aromatic heterocycles. The van der Waals surface area contributed by atoms with Crippen LogP contribution in [0, 0.1) is 0 Å². The first-order valence-electron chi connectivity index (χ1n) is 13.4. The summed E-state index contributed by atoms with van der Waals surface area (Å²) >= 11 is 0. The number of aliphatic hydroxyl groups is 2. The van der Waals surface area contributed by atoms with E-state index in [4.69, 9.17) is 0 Å². The molecule has 1 amide bonds. The molecule has 0 spiro atoms. The van der Waals surface area contributed by atoms with Crippen LogP contribution in [0.15, 0.2) is 54.6 Å². The molecule has 0 saturated carbocycles. The van der Waals surface area contributed by atoms with Crippen LogP contribution in [0.5, 0.6) is 0 Å². The Hall–Kier alpha value is -2.82. The second-order valence-electron chi connectivity index (χ2n) is 9.82. The maximum atomic E-state index is 12.7. The van der Waals surface area contributed by atoms with Crippen molar-refractivity contribution < 1.29 is 24.9 Å². The molecule has 5 N–H and O–H groups in total. The highest BCUT2D eigenvalue weighted by Crippen LogP contribution is 2.10. The predicted octanol–water partition coefficient (Wildman–Crippen LogP) is 1.59. The van der Waals surface area contributed by atoms with Gasteiger partial charge in [-0.15, -0.1) is 0 Å². The highest BCUT2D eigenvalue weighted by Gasteiger charge is 2.21. The summed E-state index contributed by atoms with van der Waals surface area (Å²) in [6, 6.07) is 15.5. The van der Waals surface area contributed by atoms with Gasteiger partial charge in [-0.3, -0.25) is 14.6 Å². The Balaban J connectivity index is 1.89. The second kappa shape index (κ2) is 16.9. The second-order valence-corrected chi connectivity index (χ2v) is 9.82. The van der Waals surface area contributed by atoms with E-state index in [1.807, 2.05) is 42.5 Å². The van der Waals surface area contributed by atoms with E-state index in [-0.39, 0.29) is 12.5 Å². The van der Waals surface area contributed by atoms with E-state index in [2.05, 4.69) is 27.4 Å². The number of carbonyl (C=O) groups is 2. The van der Waals surface area contributed by atoms with Gasteiger partial charge in [-0.1, -0.05) is 49.4 Å². The zero-order valence-corrected chi connectivity index (χ0v) is 22.8. The number of carboxylic acids is 1. The van der Waals surface area contributed by atoms with Crippen molar-refractivity contribution in [2.24, 2.45) is 0 Å². The summed E-state index contributed by atoms with van der Waals surface area (Å²) in [5.41, 5.74) is 2.32. The number of nitrogens with zero attached hydrogens (tertiary/aromatic N) is 2. The van der Waals surface area contributed by atoms with Gasteiger partial charge in [-0.2, -0.15) is 0 Å². The van der Waals surface area contributed by atoms with Gasteiger partial charge in [-0.05, 0) is 43.7 Å². The zero-order valence-electron chi connectivity index (χ0n) is 22.8. The van der Waals surface area contributed by atoms with E-state index in [0.717, 1.165) is 43.9 Å². The molecule has 9 nitrogen and oxygen atoms in total. The highest BCUT2D eigenvalue weighted by atomic mass is 16.4. The predicted molar refractivity (Wildman–Crippen MR) is 149 cm³/mol. The topological polar surface area (TPSA) is 125 Å². The number of carbonyl (C=O) groups excluding carboxylic acids is 1. The molecule has 2 aromatic rings. The molecule has 0 bridgehead atoms. The largest absolute Gasteiger partial charge is 0.480 e. The van der Waals surface area contributed by atoms with Crippen molar-refractivity contribution in [2.75, 3.05) is 45.8 Å². The van der Waals surface area contributed by atoms with Crippen LogP contribution >= 0.6 is 0 Å². The fourth-order valence-electron chi connectivity index (χ4n) is 4.16. The molecule has 2 rings (SSSR count). The van der Waals surface area contributed by atoms with Gasteiger partial charge in [0.05, 0.1) is 12.2 Å². The average Bonchev–Trinajstić information content (AvgIpc) is 2.88. The lowest BCUT2D eigenvalue weighted by Crippen LogP contribution is -2.42. The van der Waals surface area contributed by atoms with E-state index in [1.165, 1.54) is 0 Å². The van der Waals surface area contributed by atoms with Gasteiger partial charge in [0.1, 0.15) is 6.04 Å². The lowest BCUT2D eigenvalue weighted by molar-refractivity contribution is -0.139. The van der Waals surface area contributed by atoms with Crippen LogP contribution in [0.25, 0.3) is 0 Å². The van der Waals surface area contributed by atoms with Gasteiger partial charge in [0.15, 0.2) is 0 Å². The maximum Gasteiger partial charge on any atom is 0.326 e. The minimum absolute atomic E-state index is 0.216. The number of aliphatic carboxylic acids is 1. The monoisotopic (exact) mass is 528 g/mol. The SMILES string of the molecule is CCN(CCN(CCNC[C@H](C)O)C[C@H](C)O)Cc1ccc(C(=O)NC(Cc2ccccc2)C(=O)O)cc1. The maximum absolute atomic E-state index is 12.7. The number of likely N-dealkylation sites (N-methyl/N-ethyl adjacent to an activating group) is 1. The molecular weight excluding hydrogens is 484 g/mol. The summed E-state index contributed by atoms with van der Waals surface area (Å²) in [6.07, 6.45) is -0.594. The van der Waals surface area contributed by atoms with E-state index < -0.39 is 24.0 Å². The molecule has 210 valence electrons. The summed E-state index contributed by atoms with van der Waals surface area (Å²) in [7, 11) is 0. The van der Waals surface area contributed by atoms with Crippen LogP contribution in [0.2, 0.25) is 0 Å². The molecular formula is C29H44N4O5. The van der Waals surface area contributed by atoms with E-state index in [9.17, 15) is 24.9 Å². The molecule has 2 aromatic carbocycles. The molecule has 0 saturated heterocycles. The van der Waals surface area contributed by atoms with Gasteiger partial charge >= 0.3 is 5.97 Å². The van der Waals surface area contributed by atoms with Gasteiger partial charge in [-0.25, -0.2) is 4.79 Å². The van der Waals surface area contributed by atoms with Crippen LogP contribution in [0.4, 0.5) is 0 Å². The summed E-state index contributed by atoms with van der Waals surface area (Å²) in [5.74, 6) is -1.48. The van der Waals surface area contributed by atoms with Crippen molar-refractivity contribution in [2.45, 2.75) is 52.0 Å². The molecule has 0 aliphatic rings. The molecule has 9 heteroatoms. The third-order valence-corrected chi connectivity index (χ3v) is 6.26. The standard InChI is InChI=1S/C29H44N4O5/c1-4-32(16-17-33(20-23(3)35)15-14-30-19-22(2)34)21-25-10-12-26(13-11-25)28(36)31-27(29(37)38)18-24-8-6-5-7-9-24/h5-13,22-23,27,30,34-35H,4,14-21H2,1-3H3,(H,31,36)(H,37,38)/t22-,23-,27?/m0/s1. The average molecular weight is 529 g/mol. The number of hydrogen-bond acceptors (Lipinski definition) is 7. The first-order valence-corrected chi connectivity index (χ1v) is 13.4. The summed E-state index contributed by atoms with van der Waals surface area (Å²) in [4.78, 5) is 28.9. The number of hydrogen-bond donors (Lipinski definition) is 5. The smallest absolute Gasteiger partial charge is 0.326 e. The molecule has 0 aliphatic carbocycles. The van der Waals surface area contributed by atoms with Crippen molar-refractivity contribution >= 4 is 11.9 Å². The molecule has 38 heavy (non-hydrogen) atoms. The molecule has 0 radical (unpaired) electrons. The number of carboxylic acid groups (broad SMARTS) is 1. The first kappa shape index (κ1) is 31.4. The minimum atomic E-state index is -1.07. The number of amides is 1. The quantitative estimate of drug-likeness (QED) is 0.185. The third kappa shape index (κ3) is 12.1. The van der Waals surface area contributed by atoms with Crippen molar-refractivity contribution in [3.8, 4) is 0 Å². The first-order chi connectivity index (χ1) is 18.2. The summed E-state index contributed by atoms with van der Waals surface area (Å²) in [6.45, 7) is 11.5. The van der Waals surface area contributed by atoms with E-state index in [0.29, 0.717) is 25.2 Å². The zero-order chi connectivity index (χ0) is 27.9. The minimum Gasteiger partial charge on any atom is -0.480 e. The number of rotatable bonds is 18. The Kier molecular flexibility index (Phi) is 14.0. The summed E-state index contributed by atoms with van der Waals surface area (Å²) < 4.78 is 0. The normalized spacial score (nSPS) is 13.9. The van der Waals surface area contributed by atoms with Crippen molar-refractivity contribution in [3.63, 3.8) is 0 Å². The van der Waals surface area contributed by atoms with Crippen molar-refractivity contribution in [3.05, 3.63) is 71.3 Å². The van der Waals surface area contributed by atoms with E-state index >= 15 is 0 Å². The Bertz CT molecular complexity index is 953. The van der Waals surface area contributed by atoms with Gasteiger partial charge in [0, 0.05) is 57.8 Å². The lowest BCUT2D eigenvalue weighted by Gasteiger charge is -2.28. The van der Waals surface area contributed by atoms with Gasteiger partial charge < -0.3 is 26.0 Å². The van der Waals surface area contributed by atoms with Crippen LogP contribution in [-0.2, 0) is 17.8 Å². The molecule has 0 fully saturated rings. The van der Waals surface area contributed by atoms with Crippen LogP contribution in [0.1, 0.15) is 42.3 Å². The Morgan fingerprint density at radius 1 is 0.868 bits per heavy atom. The molecule has 1 unspecified atom stereocenters. The lowest BCUT2D eigenvalue weighted by atomic mass is 10.1. The number of benzene rings is 2. The Labute approximate surface area is 226 Å². The van der Waals surface area contributed by atoms with Gasteiger partial charge in [0.2, 0.25) is 0 Å². The van der Waals surface area contributed by atoms with Crippen LogP contribution in [0.3, 0.4) is 0 Å². The van der Waals surface area contributed by atoms with Gasteiger partial charge in [0.25, 0.3) is 5.91 Å². The van der Waals surface area contributed by atoms with Crippen LogP contribution < -0.4 is 10.6 Å². The van der Waals surface area contributed by atoms with E-state index in [1.54, 1.807) is 26.0 Å². The Morgan fingerprint density at radius 3 is 2.11 bits per heavy atom.